The van der Waals surface area contributed by atoms with E-state index in [-0.39, 0.29) is 18.5 Å². The molecule has 0 radical (unpaired) electrons. The Kier molecular flexibility index (Phi) is 6.84. The van der Waals surface area contributed by atoms with Gasteiger partial charge in [0, 0.05) is 5.69 Å². The smallest absolute Gasteiger partial charge is 0.319 e. The van der Waals surface area contributed by atoms with Gasteiger partial charge < -0.3 is 20.7 Å². The number of methoxy groups -OCH3 is 1. The van der Waals surface area contributed by atoms with Crippen LogP contribution in [-0.4, -0.2) is 25.6 Å². The minimum Gasteiger partial charge on any atom is -0.497 e. The average Bonchev–Trinajstić information content (AvgIpc) is 2.77. The molecule has 0 aliphatic carbocycles. The summed E-state index contributed by atoms with van der Waals surface area (Å²) in [5, 5.41) is 8.24. The molecule has 0 aromatic heterocycles. The van der Waals surface area contributed by atoms with Crippen LogP contribution in [0.15, 0.2) is 84.9 Å². The molecule has 0 aliphatic rings. The van der Waals surface area contributed by atoms with Gasteiger partial charge >= 0.3 is 6.03 Å². The number of amides is 3. The molecule has 3 aromatic carbocycles. The summed E-state index contributed by atoms with van der Waals surface area (Å²) in [5.74, 6) is 0.448. The van der Waals surface area contributed by atoms with Crippen LogP contribution in [0.2, 0.25) is 0 Å². The molecule has 0 saturated heterocycles. The Labute approximate surface area is 169 Å². The van der Waals surface area contributed by atoms with Crippen LogP contribution in [0.3, 0.4) is 0 Å². The van der Waals surface area contributed by atoms with Crippen molar-refractivity contribution in [3.63, 3.8) is 0 Å². The fourth-order valence-electron chi connectivity index (χ4n) is 2.87. The standard InChI is InChI=1S/C23H23N3O3/c1-29-20-14-12-18(13-15-20)22(17-8-4-2-5-9-17)26-21(27)16-24-23(28)25-19-10-6-3-7-11-19/h2-15,22H,16H2,1H3,(H,26,27)(H2,24,25,28)/t22-/m0/s1. The zero-order chi connectivity index (χ0) is 20.5. The first-order valence-corrected chi connectivity index (χ1v) is 9.24. The summed E-state index contributed by atoms with van der Waals surface area (Å²) in [6.07, 6.45) is 0. The van der Waals surface area contributed by atoms with Crippen LogP contribution in [0, 0.1) is 0 Å². The molecule has 0 aliphatic heterocycles. The van der Waals surface area contributed by atoms with Gasteiger partial charge in [0.1, 0.15) is 5.75 Å². The average molecular weight is 389 g/mol. The summed E-state index contributed by atoms with van der Waals surface area (Å²) in [6.45, 7) is -0.141. The molecule has 6 heteroatoms. The second-order valence-electron chi connectivity index (χ2n) is 6.36. The Morgan fingerprint density at radius 2 is 1.41 bits per heavy atom. The first-order chi connectivity index (χ1) is 14.2. The predicted octanol–water partition coefficient (Wildman–Crippen LogP) is 3.72. The normalized spacial score (nSPS) is 11.2. The van der Waals surface area contributed by atoms with Crippen LogP contribution in [-0.2, 0) is 4.79 Å². The van der Waals surface area contributed by atoms with Crippen LogP contribution < -0.4 is 20.7 Å². The van der Waals surface area contributed by atoms with Crippen molar-refractivity contribution in [1.82, 2.24) is 10.6 Å². The van der Waals surface area contributed by atoms with E-state index in [1.54, 1.807) is 19.2 Å². The highest BCUT2D eigenvalue weighted by molar-refractivity contribution is 5.92. The van der Waals surface area contributed by atoms with E-state index in [9.17, 15) is 9.59 Å². The molecule has 0 heterocycles. The van der Waals surface area contributed by atoms with E-state index < -0.39 is 6.03 Å². The molecule has 3 aromatic rings. The van der Waals surface area contributed by atoms with Crippen LogP contribution in [0.25, 0.3) is 0 Å². The van der Waals surface area contributed by atoms with Crippen LogP contribution in [0.1, 0.15) is 17.2 Å². The van der Waals surface area contributed by atoms with Crippen LogP contribution >= 0.6 is 0 Å². The molecular weight excluding hydrogens is 366 g/mol. The third-order valence-electron chi connectivity index (χ3n) is 4.33. The van der Waals surface area contributed by atoms with Gasteiger partial charge in [0.25, 0.3) is 0 Å². The molecular formula is C23H23N3O3. The molecule has 3 N–H and O–H groups in total. The van der Waals surface area contributed by atoms with Gasteiger partial charge in [-0.05, 0) is 35.4 Å². The second-order valence-corrected chi connectivity index (χ2v) is 6.36. The van der Waals surface area contributed by atoms with Crippen molar-refractivity contribution in [2.75, 3.05) is 19.0 Å². The molecule has 3 amide bonds. The number of para-hydroxylation sites is 1. The molecule has 0 unspecified atom stereocenters. The fourth-order valence-corrected chi connectivity index (χ4v) is 2.87. The molecule has 1 atom stereocenters. The van der Waals surface area contributed by atoms with Crippen molar-refractivity contribution in [1.29, 1.82) is 0 Å². The summed E-state index contributed by atoms with van der Waals surface area (Å²) in [5.41, 5.74) is 2.52. The summed E-state index contributed by atoms with van der Waals surface area (Å²) in [7, 11) is 1.61. The van der Waals surface area contributed by atoms with Crippen LogP contribution in [0.5, 0.6) is 5.75 Å². The van der Waals surface area contributed by atoms with E-state index in [4.69, 9.17) is 4.74 Å². The van der Waals surface area contributed by atoms with Gasteiger partial charge in [-0.2, -0.15) is 0 Å². The van der Waals surface area contributed by atoms with Crippen molar-refractivity contribution < 1.29 is 14.3 Å². The number of hydrogen-bond donors (Lipinski definition) is 3. The molecule has 0 spiro atoms. The highest BCUT2D eigenvalue weighted by atomic mass is 16.5. The summed E-state index contributed by atoms with van der Waals surface area (Å²) >= 11 is 0. The Morgan fingerprint density at radius 3 is 2.03 bits per heavy atom. The fraction of sp³-hybridized carbons (Fsp3) is 0.130. The summed E-state index contributed by atoms with van der Waals surface area (Å²) < 4.78 is 5.21. The van der Waals surface area contributed by atoms with E-state index in [2.05, 4.69) is 16.0 Å². The van der Waals surface area contributed by atoms with Gasteiger partial charge in [-0.3, -0.25) is 4.79 Å². The van der Waals surface area contributed by atoms with Gasteiger partial charge in [-0.1, -0.05) is 60.7 Å². The van der Waals surface area contributed by atoms with Gasteiger partial charge in [0.2, 0.25) is 5.91 Å². The lowest BCUT2D eigenvalue weighted by Crippen LogP contribution is -2.40. The number of carbonyl (C=O) groups is 2. The van der Waals surface area contributed by atoms with Crippen molar-refractivity contribution in [2.24, 2.45) is 0 Å². The number of anilines is 1. The lowest BCUT2D eigenvalue weighted by Gasteiger charge is -2.20. The zero-order valence-electron chi connectivity index (χ0n) is 16.1. The minimum absolute atomic E-state index is 0.141. The number of nitrogens with one attached hydrogen (secondary N) is 3. The number of carbonyl (C=O) groups excluding carboxylic acids is 2. The maximum absolute atomic E-state index is 12.5. The zero-order valence-corrected chi connectivity index (χ0v) is 16.1. The molecule has 6 nitrogen and oxygen atoms in total. The van der Waals surface area contributed by atoms with Gasteiger partial charge in [0.05, 0.1) is 19.7 Å². The topological polar surface area (TPSA) is 79.5 Å². The monoisotopic (exact) mass is 389 g/mol. The Bertz CT molecular complexity index is 929. The number of urea groups is 1. The van der Waals surface area contributed by atoms with Crippen molar-refractivity contribution in [3.05, 3.63) is 96.1 Å². The van der Waals surface area contributed by atoms with E-state index >= 15 is 0 Å². The largest absolute Gasteiger partial charge is 0.497 e. The second kappa shape index (κ2) is 9.94. The third kappa shape index (κ3) is 5.84. The van der Waals surface area contributed by atoms with Crippen molar-refractivity contribution >= 4 is 17.6 Å². The first-order valence-electron chi connectivity index (χ1n) is 9.24. The number of rotatable bonds is 7. The Balaban J connectivity index is 1.64. The first kappa shape index (κ1) is 19.9. The molecule has 148 valence electrons. The molecule has 29 heavy (non-hydrogen) atoms. The molecule has 0 saturated carbocycles. The number of benzene rings is 3. The predicted molar refractivity (Wildman–Crippen MR) is 113 cm³/mol. The van der Waals surface area contributed by atoms with Gasteiger partial charge in [0.15, 0.2) is 0 Å². The minimum atomic E-state index is -0.438. The highest BCUT2D eigenvalue weighted by Crippen LogP contribution is 2.24. The van der Waals surface area contributed by atoms with E-state index in [0.29, 0.717) is 5.69 Å². The Hall–Kier alpha value is -3.80. The third-order valence-corrected chi connectivity index (χ3v) is 4.33. The van der Waals surface area contributed by atoms with Crippen molar-refractivity contribution in [3.8, 4) is 5.75 Å². The van der Waals surface area contributed by atoms with E-state index in [0.717, 1.165) is 16.9 Å². The maximum Gasteiger partial charge on any atom is 0.319 e. The quantitative estimate of drug-likeness (QED) is 0.576. The number of ether oxygens (including phenoxy) is 1. The van der Waals surface area contributed by atoms with E-state index in [1.165, 1.54) is 0 Å². The Morgan fingerprint density at radius 1 is 0.828 bits per heavy atom. The summed E-state index contributed by atoms with van der Waals surface area (Å²) in [6, 6.07) is 25.5. The highest BCUT2D eigenvalue weighted by Gasteiger charge is 2.17. The summed E-state index contributed by atoms with van der Waals surface area (Å²) in [4.78, 5) is 24.5. The molecule has 0 bridgehead atoms. The van der Waals surface area contributed by atoms with E-state index in [1.807, 2.05) is 72.8 Å². The van der Waals surface area contributed by atoms with Gasteiger partial charge in [-0.15, -0.1) is 0 Å². The molecule has 0 fully saturated rings. The molecule has 3 rings (SSSR count). The van der Waals surface area contributed by atoms with Crippen LogP contribution in [0.4, 0.5) is 10.5 Å². The number of hydrogen-bond acceptors (Lipinski definition) is 3. The lowest BCUT2D eigenvalue weighted by molar-refractivity contribution is -0.120. The van der Waals surface area contributed by atoms with Crippen molar-refractivity contribution in [2.45, 2.75) is 6.04 Å². The maximum atomic E-state index is 12.5. The van der Waals surface area contributed by atoms with Gasteiger partial charge in [-0.25, -0.2) is 4.79 Å². The lowest BCUT2D eigenvalue weighted by atomic mass is 9.98. The SMILES string of the molecule is COc1ccc([C@@H](NC(=O)CNC(=O)Nc2ccccc2)c2ccccc2)cc1.